The number of aromatic nitrogens is 1. The minimum absolute atomic E-state index is 0.261. The predicted octanol–water partition coefficient (Wildman–Crippen LogP) is 12.7. The molecule has 0 radical (unpaired) electrons. The molecule has 1 rings (SSSR count). The third kappa shape index (κ3) is 27.6. The van der Waals surface area contributed by atoms with Crippen molar-refractivity contribution in [2.24, 2.45) is 0 Å². The molecule has 0 aliphatic heterocycles. The van der Waals surface area contributed by atoms with E-state index in [1.807, 2.05) is 6.20 Å². The van der Waals surface area contributed by atoms with Crippen LogP contribution in [0.2, 0.25) is 0 Å². The zero-order chi connectivity index (χ0) is 40.4. The van der Waals surface area contributed by atoms with Crippen molar-refractivity contribution in [3.05, 3.63) is 36.2 Å². The van der Waals surface area contributed by atoms with Crippen LogP contribution in [0.15, 0.2) is 19.4 Å². The van der Waals surface area contributed by atoms with Crippen molar-refractivity contribution in [3.63, 3.8) is 0 Å². The number of aromatic amines is 1. The molecule has 0 fully saturated rings. The molecule has 2 amide bonds. The van der Waals surface area contributed by atoms with Gasteiger partial charge in [0.2, 0.25) is 5.91 Å². The molecule has 0 aliphatic carbocycles. The maximum Gasteiger partial charge on any atom is 0.408 e. The van der Waals surface area contributed by atoms with Crippen molar-refractivity contribution in [3.8, 4) is 0 Å². The van der Waals surface area contributed by atoms with E-state index in [1.165, 1.54) is 135 Å². The summed E-state index contributed by atoms with van der Waals surface area (Å²) in [5.74, 6) is -0.304. The van der Waals surface area contributed by atoms with Crippen molar-refractivity contribution in [2.45, 2.75) is 213 Å². The Bertz CT molecular complexity index is 1110. The number of ether oxygens (including phenoxy) is 3. The van der Waals surface area contributed by atoms with Crippen LogP contribution in [0, 0.1) is 0 Å². The standard InChI is InChI=1S/C47H85N3O5/c1-8-12-14-16-18-20-22-24-26-28-30-32-34-53-39-41(54-35-33-31-29-27-25-23-21-19-17-15-13-9-2)38-49-45(51)44(50-46(52)55-47(5,6)7)36-40-37-48-43(11-4)42(40)10-3/h10-11,37,41,44,48H,3-4,8-9,12-36,38-39H2,1-2,5-7H3,(H,49,51)(H,50,52)/t41?,44-/m0/s1. The molecule has 1 aromatic rings. The summed E-state index contributed by atoms with van der Waals surface area (Å²) < 4.78 is 17.9. The van der Waals surface area contributed by atoms with Crippen LogP contribution in [0.25, 0.3) is 12.2 Å². The number of hydrogen-bond acceptors (Lipinski definition) is 5. The van der Waals surface area contributed by atoms with Gasteiger partial charge in [-0.1, -0.05) is 174 Å². The summed E-state index contributed by atoms with van der Waals surface area (Å²) in [6.07, 6.45) is 35.8. The molecule has 0 spiro atoms. The molecule has 1 aromatic heterocycles. The quantitative estimate of drug-likeness (QED) is 0.0585. The highest BCUT2D eigenvalue weighted by atomic mass is 16.6. The molecular formula is C47H85N3O5. The Morgan fingerprint density at radius 2 is 1.18 bits per heavy atom. The van der Waals surface area contributed by atoms with Gasteiger partial charge in [0.05, 0.1) is 12.7 Å². The molecule has 2 atom stereocenters. The van der Waals surface area contributed by atoms with Gasteiger partial charge in [0, 0.05) is 43.6 Å². The molecular weight excluding hydrogens is 687 g/mol. The van der Waals surface area contributed by atoms with E-state index >= 15 is 0 Å². The number of hydrogen-bond donors (Lipinski definition) is 3. The van der Waals surface area contributed by atoms with Gasteiger partial charge in [-0.05, 0) is 45.3 Å². The van der Waals surface area contributed by atoms with E-state index in [4.69, 9.17) is 14.2 Å². The molecule has 0 aromatic carbocycles. The molecule has 1 heterocycles. The molecule has 0 saturated carbocycles. The van der Waals surface area contributed by atoms with Gasteiger partial charge in [-0.15, -0.1) is 0 Å². The van der Waals surface area contributed by atoms with Crippen molar-refractivity contribution in [2.75, 3.05) is 26.4 Å². The Balaban J connectivity index is 2.63. The number of unbranched alkanes of at least 4 members (excludes halogenated alkanes) is 22. The summed E-state index contributed by atoms with van der Waals surface area (Å²) in [6, 6.07) is -0.860. The van der Waals surface area contributed by atoms with Crippen LogP contribution < -0.4 is 10.6 Å². The fraction of sp³-hybridized carbons (Fsp3) is 0.787. The monoisotopic (exact) mass is 772 g/mol. The van der Waals surface area contributed by atoms with Gasteiger partial charge in [0.25, 0.3) is 0 Å². The van der Waals surface area contributed by atoms with Gasteiger partial charge in [0.15, 0.2) is 0 Å². The Morgan fingerprint density at radius 3 is 1.64 bits per heavy atom. The predicted molar refractivity (Wildman–Crippen MR) is 234 cm³/mol. The lowest BCUT2D eigenvalue weighted by Crippen LogP contribution is -2.51. The molecule has 55 heavy (non-hydrogen) atoms. The lowest BCUT2D eigenvalue weighted by Gasteiger charge is -2.24. The third-order valence-electron chi connectivity index (χ3n) is 10.2. The maximum absolute atomic E-state index is 13.7. The highest BCUT2D eigenvalue weighted by molar-refractivity contribution is 5.86. The second kappa shape index (κ2) is 33.5. The van der Waals surface area contributed by atoms with Crippen LogP contribution in [0.1, 0.15) is 206 Å². The largest absolute Gasteiger partial charge is 0.444 e. The second-order valence-electron chi connectivity index (χ2n) is 16.5. The number of rotatable bonds is 37. The summed E-state index contributed by atoms with van der Waals surface area (Å²) in [7, 11) is 0. The molecule has 0 aliphatic rings. The Morgan fingerprint density at radius 1 is 0.709 bits per heavy atom. The molecule has 8 nitrogen and oxygen atoms in total. The first-order valence-electron chi connectivity index (χ1n) is 22.6. The minimum Gasteiger partial charge on any atom is -0.444 e. The minimum atomic E-state index is -0.860. The number of carbonyl (C=O) groups is 2. The van der Waals surface area contributed by atoms with E-state index < -0.39 is 17.7 Å². The van der Waals surface area contributed by atoms with E-state index in [1.54, 1.807) is 32.9 Å². The first kappa shape index (κ1) is 50.4. The molecule has 3 N–H and O–H groups in total. The Hall–Kier alpha value is -2.58. The lowest BCUT2D eigenvalue weighted by molar-refractivity contribution is -0.124. The SMILES string of the molecule is C=Cc1[nH]cc(C[C@H](NC(=O)OC(C)(C)C)C(=O)NCC(COCCCCCCCCCCCCCC)OCCCCCCCCCCCCCC)c1C=C. The van der Waals surface area contributed by atoms with Crippen LogP contribution in [-0.2, 0) is 25.4 Å². The zero-order valence-electron chi connectivity index (χ0n) is 36.3. The van der Waals surface area contributed by atoms with E-state index in [0.717, 1.165) is 36.1 Å². The van der Waals surface area contributed by atoms with Crippen molar-refractivity contribution in [1.29, 1.82) is 0 Å². The maximum atomic E-state index is 13.7. The molecule has 0 bridgehead atoms. The number of nitrogens with one attached hydrogen (secondary N) is 3. The molecule has 1 unspecified atom stereocenters. The third-order valence-corrected chi connectivity index (χ3v) is 10.2. The fourth-order valence-electron chi connectivity index (χ4n) is 6.91. The van der Waals surface area contributed by atoms with Gasteiger partial charge in [-0.25, -0.2) is 4.79 Å². The van der Waals surface area contributed by atoms with Gasteiger partial charge in [-0.2, -0.15) is 0 Å². The van der Waals surface area contributed by atoms with Crippen molar-refractivity contribution in [1.82, 2.24) is 15.6 Å². The van der Waals surface area contributed by atoms with Crippen LogP contribution >= 0.6 is 0 Å². The van der Waals surface area contributed by atoms with E-state index in [-0.39, 0.29) is 18.4 Å². The number of H-pyrrole nitrogens is 1. The molecule has 8 heteroatoms. The molecule has 0 saturated heterocycles. The van der Waals surface area contributed by atoms with Crippen LogP contribution in [-0.4, -0.2) is 61.1 Å². The van der Waals surface area contributed by atoms with Crippen molar-refractivity contribution < 1.29 is 23.8 Å². The summed E-state index contributed by atoms with van der Waals surface area (Å²) in [5, 5.41) is 5.85. The average Bonchev–Trinajstić information content (AvgIpc) is 3.55. The summed E-state index contributed by atoms with van der Waals surface area (Å²) in [5.41, 5.74) is 1.83. The smallest absolute Gasteiger partial charge is 0.408 e. The normalized spacial score (nSPS) is 12.7. The van der Waals surface area contributed by atoms with Gasteiger partial charge >= 0.3 is 6.09 Å². The highest BCUT2D eigenvalue weighted by Gasteiger charge is 2.27. The van der Waals surface area contributed by atoms with Gasteiger partial charge in [0.1, 0.15) is 11.6 Å². The number of amides is 2. The zero-order valence-corrected chi connectivity index (χ0v) is 36.3. The van der Waals surface area contributed by atoms with Crippen LogP contribution in [0.4, 0.5) is 4.79 Å². The Kier molecular flexibility index (Phi) is 30.8. The molecule has 318 valence electrons. The van der Waals surface area contributed by atoms with E-state index in [9.17, 15) is 9.59 Å². The van der Waals surface area contributed by atoms with E-state index in [2.05, 4.69) is 42.6 Å². The summed E-state index contributed by atoms with van der Waals surface area (Å²) in [6.45, 7) is 19.8. The first-order chi connectivity index (χ1) is 26.6. The highest BCUT2D eigenvalue weighted by Crippen LogP contribution is 2.19. The van der Waals surface area contributed by atoms with E-state index in [0.29, 0.717) is 26.4 Å². The first-order valence-corrected chi connectivity index (χ1v) is 22.6. The number of alkyl carbamates (subject to hydrolysis) is 1. The topological polar surface area (TPSA) is 102 Å². The fourth-order valence-corrected chi connectivity index (χ4v) is 6.91. The van der Waals surface area contributed by atoms with Crippen LogP contribution in [0.5, 0.6) is 0 Å². The summed E-state index contributed by atoms with van der Waals surface area (Å²) in [4.78, 5) is 29.7. The second-order valence-corrected chi connectivity index (χ2v) is 16.5. The average molecular weight is 772 g/mol. The summed E-state index contributed by atoms with van der Waals surface area (Å²) >= 11 is 0. The lowest BCUT2D eigenvalue weighted by atomic mass is 10.0. The Labute approximate surface area is 338 Å². The van der Waals surface area contributed by atoms with Crippen molar-refractivity contribution >= 4 is 24.2 Å². The van der Waals surface area contributed by atoms with Crippen LogP contribution in [0.3, 0.4) is 0 Å². The number of carbonyl (C=O) groups excluding carboxylic acids is 2. The van der Waals surface area contributed by atoms with Gasteiger partial charge < -0.3 is 29.8 Å². The van der Waals surface area contributed by atoms with Gasteiger partial charge in [-0.3, -0.25) is 4.79 Å².